The van der Waals surface area contributed by atoms with Crippen LogP contribution >= 0.6 is 0 Å². The number of hydrogen-bond acceptors (Lipinski definition) is 4. The van der Waals surface area contributed by atoms with Gasteiger partial charge in [-0.05, 0) is 36.8 Å². The highest BCUT2D eigenvalue weighted by Crippen LogP contribution is 2.40. The van der Waals surface area contributed by atoms with Gasteiger partial charge in [-0.2, -0.15) is 0 Å². The first-order valence-electron chi connectivity index (χ1n) is 9.91. The van der Waals surface area contributed by atoms with E-state index < -0.39 is 0 Å². The van der Waals surface area contributed by atoms with E-state index in [1.807, 2.05) is 66.2 Å². The predicted octanol–water partition coefficient (Wildman–Crippen LogP) is 2.94. The van der Waals surface area contributed by atoms with Crippen LogP contribution in [0.15, 0.2) is 64.3 Å². The van der Waals surface area contributed by atoms with Gasteiger partial charge in [0.25, 0.3) is 5.56 Å². The molecule has 1 N–H and O–H groups in total. The molecule has 7 nitrogen and oxygen atoms in total. The lowest BCUT2D eigenvalue weighted by atomic mass is 9.99. The molecule has 0 radical (unpaired) electrons. The molecule has 0 amide bonds. The number of nitrogens with zero attached hydrogens (tertiary/aromatic N) is 3. The van der Waals surface area contributed by atoms with E-state index in [0.717, 1.165) is 32.9 Å². The van der Waals surface area contributed by atoms with Crippen molar-refractivity contribution in [3.05, 3.63) is 86.8 Å². The van der Waals surface area contributed by atoms with Gasteiger partial charge < -0.3 is 14.6 Å². The van der Waals surface area contributed by atoms with Crippen LogP contribution in [0, 0.1) is 0 Å². The Balaban J connectivity index is 1.83. The zero-order chi connectivity index (χ0) is 21.0. The summed E-state index contributed by atoms with van der Waals surface area (Å²) in [5, 5.41) is 4.11. The highest BCUT2D eigenvalue weighted by molar-refractivity contribution is 5.86. The third kappa shape index (κ3) is 2.51. The van der Waals surface area contributed by atoms with Crippen molar-refractivity contribution in [2.24, 2.45) is 14.1 Å². The Labute approximate surface area is 172 Å². The quantitative estimate of drug-likeness (QED) is 0.572. The molecule has 2 aromatic heterocycles. The summed E-state index contributed by atoms with van der Waals surface area (Å²) in [6, 6.07) is 15.6. The summed E-state index contributed by atoms with van der Waals surface area (Å²) in [7, 11) is 3.22. The third-order valence-electron chi connectivity index (χ3n) is 5.72. The normalized spacial score (nSPS) is 14.8. The molecule has 1 aliphatic heterocycles. The van der Waals surface area contributed by atoms with Gasteiger partial charge in [-0.25, -0.2) is 4.79 Å². The van der Waals surface area contributed by atoms with Gasteiger partial charge in [-0.15, -0.1) is 0 Å². The van der Waals surface area contributed by atoms with E-state index in [1.165, 1.54) is 7.05 Å². The van der Waals surface area contributed by atoms with E-state index in [9.17, 15) is 9.59 Å². The van der Waals surface area contributed by atoms with Crippen LogP contribution in [-0.2, 0) is 14.1 Å². The summed E-state index contributed by atoms with van der Waals surface area (Å²) < 4.78 is 10.3. The molecule has 2 aromatic carbocycles. The zero-order valence-electron chi connectivity index (χ0n) is 17.0. The van der Waals surface area contributed by atoms with E-state index in [0.29, 0.717) is 17.5 Å². The van der Waals surface area contributed by atoms with Crippen LogP contribution < -0.4 is 21.3 Å². The number of aromatic nitrogens is 3. The van der Waals surface area contributed by atoms with Crippen molar-refractivity contribution in [3.8, 4) is 11.4 Å². The Morgan fingerprint density at radius 2 is 1.73 bits per heavy atom. The molecule has 3 heterocycles. The maximum Gasteiger partial charge on any atom is 0.331 e. The standard InChI is InChI=1S/C23H22N4O3/c1-4-30-15-11-9-14(10-12-15)19-21-20-16(22(28)26(3)23(29)25(20)2)13-27(21)18-8-6-5-7-17(18)24-19/h5-13,19,24H,4H2,1-3H3/t19-/m1/s1. The second-order valence-electron chi connectivity index (χ2n) is 7.45. The second-order valence-corrected chi connectivity index (χ2v) is 7.45. The summed E-state index contributed by atoms with van der Waals surface area (Å²) in [4.78, 5) is 25.6. The fourth-order valence-electron chi connectivity index (χ4n) is 4.28. The number of rotatable bonds is 3. The summed E-state index contributed by atoms with van der Waals surface area (Å²) in [5.41, 5.74) is 3.80. The van der Waals surface area contributed by atoms with Crippen LogP contribution in [0.1, 0.15) is 24.2 Å². The highest BCUT2D eigenvalue weighted by atomic mass is 16.5. The Hall–Kier alpha value is -3.74. The predicted molar refractivity (Wildman–Crippen MR) is 117 cm³/mol. The molecule has 30 heavy (non-hydrogen) atoms. The van der Waals surface area contributed by atoms with E-state index >= 15 is 0 Å². The van der Waals surface area contributed by atoms with Crippen molar-refractivity contribution >= 4 is 16.6 Å². The summed E-state index contributed by atoms with van der Waals surface area (Å²) >= 11 is 0. The average Bonchev–Trinajstić information content (AvgIpc) is 3.18. The number of nitrogens with one attached hydrogen (secondary N) is 1. The van der Waals surface area contributed by atoms with E-state index in [4.69, 9.17) is 4.74 Å². The number of para-hydroxylation sites is 2. The molecule has 0 aliphatic carbocycles. The fourth-order valence-corrected chi connectivity index (χ4v) is 4.28. The van der Waals surface area contributed by atoms with Gasteiger partial charge in [0, 0.05) is 20.3 Å². The molecular weight excluding hydrogens is 380 g/mol. The molecule has 0 spiro atoms. The molecule has 0 bridgehead atoms. The van der Waals surface area contributed by atoms with Gasteiger partial charge in [0.2, 0.25) is 0 Å². The van der Waals surface area contributed by atoms with Gasteiger partial charge in [0.05, 0.1) is 40.6 Å². The summed E-state index contributed by atoms with van der Waals surface area (Å²) in [5.74, 6) is 0.805. The van der Waals surface area contributed by atoms with Gasteiger partial charge in [-0.3, -0.25) is 13.9 Å². The molecule has 7 heteroatoms. The maximum absolute atomic E-state index is 12.9. The molecule has 4 aromatic rings. The summed E-state index contributed by atoms with van der Waals surface area (Å²) in [6.07, 6.45) is 1.84. The molecular formula is C23H22N4O3. The Bertz CT molecular complexity index is 1390. The lowest BCUT2D eigenvalue weighted by Crippen LogP contribution is -2.37. The van der Waals surface area contributed by atoms with Gasteiger partial charge in [0.1, 0.15) is 5.75 Å². The van der Waals surface area contributed by atoms with E-state index in [1.54, 1.807) is 11.6 Å². The molecule has 1 atom stereocenters. The topological polar surface area (TPSA) is 70.2 Å². The van der Waals surface area contributed by atoms with Crippen LogP contribution in [0.4, 0.5) is 5.69 Å². The number of benzene rings is 2. The molecule has 0 fully saturated rings. The monoisotopic (exact) mass is 402 g/mol. The second kappa shape index (κ2) is 6.66. The smallest absolute Gasteiger partial charge is 0.331 e. The first-order chi connectivity index (χ1) is 14.5. The minimum Gasteiger partial charge on any atom is -0.494 e. The third-order valence-corrected chi connectivity index (χ3v) is 5.72. The molecule has 0 saturated heterocycles. The Morgan fingerprint density at radius 3 is 2.47 bits per heavy atom. The number of fused-ring (bicyclic) bond motifs is 5. The maximum atomic E-state index is 12.9. The average molecular weight is 402 g/mol. The van der Waals surface area contributed by atoms with Gasteiger partial charge in [0.15, 0.2) is 0 Å². The Morgan fingerprint density at radius 1 is 1.00 bits per heavy atom. The largest absolute Gasteiger partial charge is 0.494 e. The summed E-state index contributed by atoms with van der Waals surface area (Å²) in [6.45, 7) is 2.56. The van der Waals surface area contributed by atoms with Crippen molar-refractivity contribution < 1.29 is 4.74 Å². The lowest BCUT2D eigenvalue weighted by molar-refractivity contribution is 0.340. The van der Waals surface area contributed by atoms with Crippen molar-refractivity contribution in [2.45, 2.75) is 13.0 Å². The first kappa shape index (κ1) is 18.3. The van der Waals surface area contributed by atoms with Crippen molar-refractivity contribution in [2.75, 3.05) is 11.9 Å². The van der Waals surface area contributed by atoms with Crippen LogP contribution in [-0.4, -0.2) is 20.3 Å². The minimum absolute atomic E-state index is 0.231. The molecule has 5 rings (SSSR count). The van der Waals surface area contributed by atoms with E-state index in [-0.39, 0.29) is 17.3 Å². The van der Waals surface area contributed by atoms with Gasteiger partial charge >= 0.3 is 5.69 Å². The first-order valence-corrected chi connectivity index (χ1v) is 9.91. The number of anilines is 1. The van der Waals surface area contributed by atoms with Crippen LogP contribution in [0.25, 0.3) is 16.6 Å². The van der Waals surface area contributed by atoms with Crippen molar-refractivity contribution in [1.29, 1.82) is 0 Å². The number of hydrogen-bond donors (Lipinski definition) is 1. The lowest BCUT2D eigenvalue weighted by Gasteiger charge is -2.30. The number of ether oxygens (including phenoxy) is 1. The van der Waals surface area contributed by atoms with Crippen LogP contribution in [0.2, 0.25) is 0 Å². The van der Waals surface area contributed by atoms with Crippen molar-refractivity contribution in [1.82, 2.24) is 13.7 Å². The molecule has 0 unspecified atom stereocenters. The van der Waals surface area contributed by atoms with Crippen LogP contribution in [0.5, 0.6) is 5.75 Å². The van der Waals surface area contributed by atoms with Crippen LogP contribution in [0.3, 0.4) is 0 Å². The fraction of sp³-hybridized carbons (Fsp3) is 0.217. The zero-order valence-corrected chi connectivity index (χ0v) is 17.0. The van der Waals surface area contributed by atoms with E-state index in [2.05, 4.69) is 5.32 Å². The number of aryl methyl sites for hydroxylation is 1. The molecule has 0 saturated carbocycles. The highest BCUT2D eigenvalue weighted by Gasteiger charge is 2.30. The molecule has 1 aliphatic rings. The van der Waals surface area contributed by atoms with Gasteiger partial charge in [-0.1, -0.05) is 24.3 Å². The van der Waals surface area contributed by atoms with Crippen molar-refractivity contribution in [3.63, 3.8) is 0 Å². The minimum atomic E-state index is -0.342. The molecule has 152 valence electrons. The Kier molecular flexibility index (Phi) is 4.06. The SMILES string of the molecule is CCOc1ccc([C@H]2Nc3ccccc3-n3cc4c(=O)n(C)c(=O)n(C)c4c32)cc1.